The molecule has 0 amide bonds. The maximum absolute atomic E-state index is 6.00. The number of nitrogens with zero attached hydrogens (tertiary/aromatic N) is 1. The molecule has 0 aliphatic carbocycles. The van der Waals surface area contributed by atoms with E-state index in [4.69, 9.17) is 15.0 Å². The van der Waals surface area contributed by atoms with Crippen LogP contribution in [0.1, 0.15) is 38.8 Å². The molecule has 1 aliphatic heterocycles. The molecule has 0 aromatic carbocycles. The average Bonchev–Trinajstić information content (AvgIpc) is 2.50. The van der Waals surface area contributed by atoms with Crippen LogP contribution >= 0.6 is 0 Å². The van der Waals surface area contributed by atoms with Crippen molar-refractivity contribution in [2.45, 2.75) is 45.8 Å². The molecule has 1 aliphatic rings. The third kappa shape index (κ3) is 2.67. The van der Waals surface area contributed by atoms with Crippen LogP contribution in [0.4, 0.5) is 5.69 Å². The minimum atomic E-state index is -0.357. The molecule has 19 heavy (non-hydrogen) atoms. The Hall–Kier alpha value is -1.33. The smallest absolute Gasteiger partial charge is 0.400 e. The van der Waals surface area contributed by atoms with Crippen LogP contribution in [0.2, 0.25) is 0 Å². The molecule has 0 radical (unpaired) electrons. The number of nitrogen functional groups attached to an aromatic ring is 1. The molecule has 1 aromatic rings. The van der Waals surface area contributed by atoms with Crippen LogP contribution in [0, 0.1) is 6.92 Å². The molecule has 2 N–H and O–H groups in total. The minimum absolute atomic E-state index is 0.321. The van der Waals surface area contributed by atoms with Gasteiger partial charge in [0.05, 0.1) is 11.2 Å². The lowest BCUT2D eigenvalue weighted by Gasteiger charge is -2.32. The van der Waals surface area contributed by atoms with Crippen LogP contribution in [0.5, 0.6) is 0 Å². The summed E-state index contributed by atoms with van der Waals surface area (Å²) in [5.74, 6) is 1.88. The van der Waals surface area contributed by atoms with Crippen LogP contribution in [-0.2, 0) is 9.31 Å². The highest BCUT2D eigenvalue weighted by molar-refractivity contribution is 6.52. The molecule has 0 spiro atoms. The predicted octanol–water partition coefficient (Wildman–Crippen LogP) is 2.62. The van der Waals surface area contributed by atoms with E-state index in [1.807, 2.05) is 46.7 Å². The van der Waals surface area contributed by atoms with E-state index in [1.165, 1.54) is 0 Å². The maximum Gasteiger partial charge on any atom is 0.487 e. The molecule has 1 fully saturated rings. The Balaban J connectivity index is 2.15. The lowest BCUT2D eigenvalue weighted by molar-refractivity contribution is 0.00578. The van der Waals surface area contributed by atoms with Gasteiger partial charge in [0.15, 0.2) is 0 Å². The highest BCUT2D eigenvalue weighted by Gasteiger charge is 2.49. The molecule has 1 aromatic heterocycles. The Morgan fingerprint density at radius 2 is 1.74 bits per heavy atom. The van der Waals surface area contributed by atoms with Crippen molar-refractivity contribution >= 4 is 18.9 Å². The molecule has 0 bridgehead atoms. The van der Waals surface area contributed by atoms with Gasteiger partial charge >= 0.3 is 7.12 Å². The first-order valence-corrected chi connectivity index (χ1v) is 6.47. The zero-order chi connectivity index (χ0) is 14.3. The number of aromatic nitrogens is 1. The zero-order valence-electron chi connectivity index (χ0n) is 12.2. The highest BCUT2D eigenvalue weighted by atomic mass is 16.7. The van der Waals surface area contributed by atoms with Crippen molar-refractivity contribution in [1.82, 2.24) is 4.98 Å². The fourth-order valence-corrected chi connectivity index (χ4v) is 1.88. The highest BCUT2D eigenvalue weighted by Crippen LogP contribution is 2.37. The molecule has 5 heteroatoms. The molecule has 4 nitrogen and oxygen atoms in total. The van der Waals surface area contributed by atoms with Crippen molar-refractivity contribution in [2.24, 2.45) is 0 Å². The molecular weight excluding hydrogens is 239 g/mol. The largest absolute Gasteiger partial charge is 0.487 e. The molecule has 2 rings (SSSR count). The van der Waals surface area contributed by atoms with Crippen molar-refractivity contribution in [2.75, 3.05) is 5.73 Å². The third-order valence-corrected chi connectivity index (χ3v) is 3.92. The number of hydrogen-bond donors (Lipinski definition) is 1. The average molecular weight is 260 g/mol. The van der Waals surface area contributed by atoms with Crippen molar-refractivity contribution in [3.05, 3.63) is 29.5 Å². The minimum Gasteiger partial charge on any atom is -0.400 e. The second-order valence-corrected chi connectivity index (χ2v) is 5.94. The summed E-state index contributed by atoms with van der Waals surface area (Å²) in [5.41, 5.74) is 7.95. The molecule has 0 atom stereocenters. The van der Waals surface area contributed by atoms with Gasteiger partial charge in [-0.2, -0.15) is 0 Å². The lowest BCUT2D eigenvalue weighted by atomic mass is 9.89. The first-order valence-electron chi connectivity index (χ1n) is 6.47. The lowest BCUT2D eigenvalue weighted by Crippen LogP contribution is -2.41. The maximum atomic E-state index is 6.00. The summed E-state index contributed by atoms with van der Waals surface area (Å²) in [6, 6.07) is 0. The first-order chi connectivity index (χ1) is 8.73. The third-order valence-electron chi connectivity index (χ3n) is 3.92. The monoisotopic (exact) mass is 260 g/mol. The van der Waals surface area contributed by atoms with Gasteiger partial charge in [-0.05, 0) is 40.2 Å². The van der Waals surface area contributed by atoms with Gasteiger partial charge in [-0.3, -0.25) is 4.98 Å². The van der Waals surface area contributed by atoms with Gasteiger partial charge in [-0.25, -0.2) is 0 Å². The summed E-state index contributed by atoms with van der Waals surface area (Å²) < 4.78 is 11.8. The fourth-order valence-electron chi connectivity index (χ4n) is 1.88. The van der Waals surface area contributed by atoms with Crippen LogP contribution in [0.25, 0.3) is 6.08 Å². The second-order valence-electron chi connectivity index (χ2n) is 5.94. The van der Waals surface area contributed by atoms with E-state index in [1.54, 1.807) is 12.4 Å². The standard InChI is InChI=1S/C14H21BN2O2/c1-10-8-17-9-11(12(10)16)6-7-15-18-13(2,3)14(4,5)19-15/h6-9H,1-5H3,(H2,16,17)/b7-6+. The van der Waals surface area contributed by atoms with Gasteiger partial charge in [0.2, 0.25) is 0 Å². The second kappa shape index (κ2) is 4.65. The van der Waals surface area contributed by atoms with Crippen LogP contribution in [-0.4, -0.2) is 23.3 Å². The summed E-state index contributed by atoms with van der Waals surface area (Å²) in [7, 11) is -0.357. The molecule has 1 saturated heterocycles. The van der Waals surface area contributed by atoms with Crippen LogP contribution in [0.3, 0.4) is 0 Å². The van der Waals surface area contributed by atoms with Crippen molar-refractivity contribution in [3.8, 4) is 0 Å². The molecule has 2 heterocycles. The number of pyridine rings is 1. The Bertz CT molecular complexity index is 496. The zero-order valence-corrected chi connectivity index (χ0v) is 12.2. The van der Waals surface area contributed by atoms with Gasteiger partial charge in [0, 0.05) is 23.6 Å². The van der Waals surface area contributed by atoms with Gasteiger partial charge in [-0.15, -0.1) is 0 Å². The molecule has 0 saturated carbocycles. The number of nitrogens with two attached hydrogens (primary N) is 1. The topological polar surface area (TPSA) is 57.4 Å². The van der Waals surface area contributed by atoms with E-state index in [0.29, 0.717) is 0 Å². The summed E-state index contributed by atoms with van der Waals surface area (Å²) in [6.07, 6.45) is 5.39. The molecule has 0 unspecified atom stereocenters. The number of anilines is 1. The van der Waals surface area contributed by atoms with Crippen molar-refractivity contribution in [1.29, 1.82) is 0 Å². The summed E-state index contributed by atoms with van der Waals surface area (Å²) in [5, 5.41) is 0. The van der Waals surface area contributed by atoms with Gasteiger partial charge in [-0.1, -0.05) is 12.1 Å². The SMILES string of the molecule is Cc1cncc(/C=C/B2OC(C)(C)C(C)(C)O2)c1N. The van der Waals surface area contributed by atoms with E-state index in [2.05, 4.69) is 4.98 Å². The quantitative estimate of drug-likeness (QED) is 0.830. The van der Waals surface area contributed by atoms with E-state index in [-0.39, 0.29) is 18.3 Å². The van der Waals surface area contributed by atoms with Gasteiger partial charge < -0.3 is 15.0 Å². The Labute approximate surface area is 115 Å². The van der Waals surface area contributed by atoms with E-state index >= 15 is 0 Å². The van der Waals surface area contributed by atoms with Crippen molar-refractivity contribution in [3.63, 3.8) is 0 Å². The van der Waals surface area contributed by atoms with E-state index in [0.717, 1.165) is 16.8 Å². The number of aryl methyl sites for hydroxylation is 1. The Morgan fingerprint density at radius 1 is 1.16 bits per heavy atom. The Kier molecular flexibility index (Phi) is 3.45. The summed E-state index contributed by atoms with van der Waals surface area (Å²) >= 11 is 0. The summed E-state index contributed by atoms with van der Waals surface area (Å²) in [6.45, 7) is 10.1. The van der Waals surface area contributed by atoms with Crippen LogP contribution < -0.4 is 5.73 Å². The van der Waals surface area contributed by atoms with Crippen LogP contribution in [0.15, 0.2) is 18.4 Å². The Morgan fingerprint density at radius 3 is 2.32 bits per heavy atom. The van der Waals surface area contributed by atoms with Crippen molar-refractivity contribution < 1.29 is 9.31 Å². The van der Waals surface area contributed by atoms with Gasteiger partial charge in [0.25, 0.3) is 0 Å². The number of rotatable bonds is 2. The van der Waals surface area contributed by atoms with E-state index < -0.39 is 0 Å². The normalized spacial score (nSPS) is 21.2. The summed E-state index contributed by atoms with van der Waals surface area (Å²) in [4.78, 5) is 4.13. The predicted molar refractivity (Wildman–Crippen MR) is 78.5 cm³/mol. The first kappa shape index (κ1) is 14.1. The molecule has 102 valence electrons. The van der Waals surface area contributed by atoms with E-state index in [9.17, 15) is 0 Å². The molecular formula is C14H21BN2O2. The fraction of sp³-hybridized carbons (Fsp3) is 0.500. The number of hydrogen-bond acceptors (Lipinski definition) is 4. The van der Waals surface area contributed by atoms with Gasteiger partial charge in [0.1, 0.15) is 0 Å².